The van der Waals surface area contributed by atoms with Crippen LogP contribution in [0.1, 0.15) is 55.2 Å². The summed E-state index contributed by atoms with van der Waals surface area (Å²) >= 11 is 0. The van der Waals surface area contributed by atoms with E-state index in [4.69, 9.17) is 0 Å². The van der Waals surface area contributed by atoms with E-state index in [0.717, 1.165) is 43.9 Å². The Labute approximate surface area is 198 Å². The molecule has 0 saturated heterocycles. The van der Waals surface area contributed by atoms with Crippen molar-refractivity contribution in [3.05, 3.63) is 65.5 Å². The fraction of sp³-hybridized carbons (Fsp3) is 0.407. The first kappa shape index (κ1) is 22.7. The van der Waals surface area contributed by atoms with Gasteiger partial charge in [-0.1, -0.05) is 37.5 Å². The first-order valence-corrected chi connectivity index (χ1v) is 12.1. The molecule has 0 bridgehead atoms. The highest BCUT2D eigenvalue weighted by atomic mass is 19.4. The minimum absolute atomic E-state index is 0.464. The Kier molecular flexibility index (Phi) is 6.44. The lowest BCUT2D eigenvalue weighted by molar-refractivity contribution is -0.137. The average molecular weight is 467 g/mol. The normalized spacial score (nSPS) is 16.3. The van der Waals surface area contributed by atoms with Crippen molar-refractivity contribution in [1.29, 1.82) is 0 Å². The Morgan fingerprint density at radius 3 is 2.56 bits per heavy atom. The van der Waals surface area contributed by atoms with Gasteiger partial charge >= 0.3 is 6.18 Å². The van der Waals surface area contributed by atoms with E-state index in [1.807, 2.05) is 18.2 Å². The van der Waals surface area contributed by atoms with Crippen molar-refractivity contribution in [2.45, 2.75) is 57.5 Å². The number of aromatic nitrogens is 2. The summed E-state index contributed by atoms with van der Waals surface area (Å²) in [5.41, 5.74) is 4.74. The molecule has 0 unspecified atom stereocenters. The van der Waals surface area contributed by atoms with Crippen molar-refractivity contribution in [3.63, 3.8) is 0 Å². The third kappa shape index (κ3) is 5.03. The monoisotopic (exact) mass is 466 g/mol. The van der Waals surface area contributed by atoms with Gasteiger partial charge in [-0.3, -0.25) is 0 Å². The predicted octanol–water partition coefficient (Wildman–Crippen LogP) is 7.39. The maximum absolute atomic E-state index is 13.4. The number of rotatable bonds is 6. The van der Waals surface area contributed by atoms with Crippen LogP contribution in [0.2, 0.25) is 0 Å². The van der Waals surface area contributed by atoms with Gasteiger partial charge in [-0.25, -0.2) is 9.97 Å². The van der Waals surface area contributed by atoms with Crippen molar-refractivity contribution in [1.82, 2.24) is 9.97 Å². The molecule has 5 rings (SSSR count). The minimum Gasteiger partial charge on any atom is -0.384 e. The molecule has 3 aromatic rings. The molecule has 0 spiro atoms. The van der Waals surface area contributed by atoms with Crippen LogP contribution in [-0.2, 0) is 19.0 Å². The van der Waals surface area contributed by atoms with Crippen LogP contribution in [0.25, 0.3) is 11.3 Å². The predicted molar refractivity (Wildman–Crippen MR) is 129 cm³/mol. The second kappa shape index (κ2) is 9.65. The van der Waals surface area contributed by atoms with E-state index in [1.54, 1.807) is 0 Å². The van der Waals surface area contributed by atoms with Crippen LogP contribution in [0.3, 0.4) is 0 Å². The summed E-state index contributed by atoms with van der Waals surface area (Å²) in [5.74, 6) is 1.11. The van der Waals surface area contributed by atoms with Crippen LogP contribution < -0.4 is 10.6 Å². The van der Waals surface area contributed by atoms with Crippen LogP contribution in [0, 0.1) is 5.92 Å². The fourth-order valence-corrected chi connectivity index (χ4v) is 5.18. The van der Waals surface area contributed by atoms with Crippen LogP contribution in [-0.4, -0.2) is 16.5 Å². The molecule has 2 N–H and O–H groups in total. The number of halogens is 3. The molecule has 4 nitrogen and oxygen atoms in total. The number of nitrogens with zero attached hydrogens (tertiary/aromatic N) is 2. The summed E-state index contributed by atoms with van der Waals surface area (Å²) < 4.78 is 40.3. The molecule has 1 aromatic heterocycles. The van der Waals surface area contributed by atoms with Crippen molar-refractivity contribution >= 4 is 17.2 Å². The smallest absolute Gasteiger partial charge is 0.384 e. The molecule has 178 valence electrons. The van der Waals surface area contributed by atoms with Gasteiger partial charge in [0, 0.05) is 29.5 Å². The summed E-state index contributed by atoms with van der Waals surface area (Å²) in [6.45, 7) is 0.667. The molecule has 0 amide bonds. The third-order valence-corrected chi connectivity index (χ3v) is 7.00. The zero-order chi connectivity index (χ0) is 23.5. The second-order valence-corrected chi connectivity index (χ2v) is 9.35. The quantitative estimate of drug-likeness (QED) is 0.398. The number of fused-ring (bicyclic) bond motifs is 1. The lowest BCUT2D eigenvalue weighted by Gasteiger charge is -2.23. The van der Waals surface area contributed by atoms with E-state index < -0.39 is 11.7 Å². The van der Waals surface area contributed by atoms with E-state index in [-0.39, 0.29) is 0 Å². The van der Waals surface area contributed by atoms with Gasteiger partial charge in [0.25, 0.3) is 0 Å². The van der Waals surface area contributed by atoms with Crippen molar-refractivity contribution in [2.24, 2.45) is 5.92 Å². The van der Waals surface area contributed by atoms with Gasteiger partial charge in [-0.15, -0.1) is 0 Å². The Hall–Kier alpha value is -3.09. The molecule has 2 aliphatic carbocycles. The number of benzene rings is 2. The first-order valence-electron chi connectivity index (χ1n) is 12.1. The van der Waals surface area contributed by atoms with E-state index in [2.05, 4.69) is 26.7 Å². The number of alkyl halides is 3. The molecule has 2 aliphatic rings. The van der Waals surface area contributed by atoms with Crippen LogP contribution in [0.15, 0.2) is 48.8 Å². The maximum atomic E-state index is 13.4. The standard InChI is InChI=1S/C27H29F3N4/c28-27(29,30)20-12-13-22(24(14-20)31-16-18-6-2-1-3-7-18)25-15-26(33-17-32-25)34-23-11-5-9-19-8-4-10-21(19)23/h5,9,11-15,17-18,31H,1-4,6-8,10,16H2,(H,32,33,34). The minimum atomic E-state index is -4.40. The Balaban J connectivity index is 1.43. The number of hydrogen-bond donors (Lipinski definition) is 2. The molecule has 34 heavy (non-hydrogen) atoms. The van der Waals surface area contributed by atoms with E-state index in [1.165, 1.54) is 48.8 Å². The number of aryl methyl sites for hydroxylation is 1. The summed E-state index contributed by atoms with van der Waals surface area (Å²) in [6, 6.07) is 11.9. The Morgan fingerprint density at radius 2 is 1.74 bits per heavy atom. The molecule has 2 aromatic carbocycles. The van der Waals surface area contributed by atoms with E-state index in [9.17, 15) is 13.2 Å². The fourth-order valence-electron chi connectivity index (χ4n) is 5.18. The maximum Gasteiger partial charge on any atom is 0.416 e. The molecular formula is C27H29F3N4. The van der Waals surface area contributed by atoms with Gasteiger partial charge in [0.05, 0.1) is 11.3 Å². The average Bonchev–Trinajstić information content (AvgIpc) is 3.33. The molecule has 7 heteroatoms. The lowest BCUT2D eigenvalue weighted by Crippen LogP contribution is -2.18. The van der Waals surface area contributed by atoms with Gasteiger partial charge in [0.2, 0.25) is 0 Å². The highest BCUT2D eigenvalue weighted by Gasteiger charge is 2.31. The molecule has 0 aliphatic heterocycles. The van der Waals surface area contributed by atoms with Gasteiger partial charge in [-0.2, -0.15) is 13.2 Å². The largest absolute Gasteiger partial charge is 0.416 e. The van der Waals surface area contributed by atoms with Crippen molar-refractivity contribution < 1.29 is 13.2 Å². The summed E-state index contributed by atoms with van der Waals surface area (Å²) in [7, 11) is 0. The topological polar surface area (TPSA) is 49.8 Å². The number of nitrogens with one attached hydrogen (secondary N) is 2. The van der Waals surface area contributed by atoms with Crippen LogP contribution in [0.4, 0.5) is 30.4 Å². The van der Waals surface area contributed by atoms with Crippen molar-refractivity contribution in [3.8, 4) is 11.3 Å². The van der Waals surface area contributed by atoms with E-state index in [0.29, 0.717) is 35.2 Å². The second-order valence-electron chi connectivity index (χ2n) is 9.35. The molecule has 1 saturated carbocycles. The van der Waals surface area contributed by atoms with Crippen LogP contribution >= 0.6 is 0 Å². The van der Waals surface area contributed by atoms with Gasteiger partial charge < -0.3 is 10.6 Å². The van der Waals surface area contributed by atoms with Crippen molar-refractivity contribution in [2.75, 3.05) is 17.2 Å². The summed E-state index contributed by atoms with van der Waals surface area (Å²) in [4.78, 5) is 8.77. The van der Waals surface area contributed by atoms with Gasteiger partial charge in [0.15, 0.2) is 0 Å². The number of hydrogen-bond acceptors (Lipinski definition) is 4. The highest BCUT2D eigenvalue weighted by Crippen LogP contribution is 2.37. The van der Waals surface area contributed by atoms with Crippen LogP contribution in [0.5, 0.6) is 0 Å². The molecule has 0 atom stereocenters. The lowest BCUT2D eigenvalue weighted by atomic mass is 9.89. The molecule has 1 heterocycles. The zero-order valence-corrected chi connectivity index (χ0v) is 19.1. The third-order valence-electron chi connectivity index (χ3n) is 7.00. The zero-order valence-electron chi connectivity index (χ0n) is 19.1. The first-order chi connectivity index (χ1) is 16.5. The highest BCUT2D eigenvalue weighted by molar-refractivity contribution is 5.78. The molecule has 0 radical (unpaired) electrons. The van der Waals surface area contributed by atoms with E-state index >= 15 is 0 Å². The number of anilines is 3. The SMILES string of the molecule is FC(F)(F)c1ccc(-c2cc(Nc3cccc4c3CCC4)ncn2)c(NCC2CCCCC2)c1. The van der Waals surface area contributed by atoms with Gasteiger partial charge in [0.1, 0.15) is 12.1 Å². The van der Waals surface area contributed by atoms with Gasteiger partial charge in [-0.05, 0) is 67.3 Å². The molecular weight excluding hydrogens is 437 g/mol. The Bertz CT molecular complexity index is 1150. The molecule has 1 fully saturated rings. The summed E-state index contributed by atoms with van der Waals surface area (Å²) in [5, 5.41) is 6.72. The Morgan fingerprint density at radius 1 is 0.882 bits per heavy atom. The summed E-state index contributed by atoms with van der Waals surface area (Å²) in [6.07, 6.45) is 6.17.